The molecule has 0 amide bonds. The molecule has 1 aromatic heterocycles. The molecule has 5 heteroatoms. The van der Waals surface area contributed by atoms with E-state index in [1.165, 1.54) is 0 Å². The Morgan fingerprint density at radius 3 is 1.96 bits per heavy atom. The Kier molecular flexibility index (Phi) is 5.45. The molecule has 0 atom stereocenters. The van der Waals surface area contributed by atoms with Gasteiger partial charge in [-0.1, -0.05) is 81.4 Å². The van der Waals surface area contributed by atoms with Crippen LogP contribution in [0.25, 0.3) is 11.1 Å². The van der Waals surface area contributed by atoms with Crippen LogP contribution in [0.4, 0.5) is 13.2 Å². The fourth-order valence-electron chi connectivity index (χ4n) is 2.89. The fourth-order valence-corrected chi connectivity index (χ4v) is 2.89. The molecular formula is C23H22F3NO. The van der Waals surface area contributed by atoms with Crippen molar-refractivity contribution in [1.82, 2.24) is 4.98 Å². The second-order valence-electron chi connectivity index (χ2n) is 7.62. The first-order valence-electron chi connectivity index (χ1n) is 9.01. The molecule has 0 aliphatic heterocycles. The number of pyridine rings is 1. The maximum Gasteiger partial charge on any atom is 0.433 e. The van der Waals surface area contributed by atoms with E-state index in [4.69, 9.17) is 4.74 Å². The molecule has 0 fully saturated rings. The van der Waals surface area contributed by atoms with Gasteiger partial charge in [0.25, 0.3) is 0 Å². The third kappa shape index (κ3) is 4.53. The molecule has 146 valence electrons. The van der Waals surface area contributed by atoms with Crippen molar-refractivity contribution in [2.45, 2.75) is 39.0 Å². The molecule has 0 spiro atoms. The molecule has 1 heterocycles. The van der Waals surface area contributed by atoms with Crippen molar-refractivity contribution in [3.8, 4) is 16.9 Å². The van der Waals surface area contributed by atoms with Gasteiger partial charge in [-0.3, -0.25) is 0 Å². The normalized spacial score (nSPS) is 12.1. The van der Waals surface area contributed by atoms with Crippen LogP contribution in [-0.2, 0) is 18.2 Å². The van der Waals surface area contributed by atoms with Crippen LogP contribution in [0.15, 0.2) is 66.7 Å². The molecule has 0 aliphatic carbocycles. The van der Waals surface area contributed by atoms with Crippen molar-refractivity contribution in [2.24, 2.45) is 0 Å². The summed E-state index contributed by atoms with van der Waals surface area (Å²) < 4.78 is 46.7. The number of benzene rings is 2. The largest absolute Gasteiger partial charge is 0.486 e. The predicted molar refractivity (Wildman–Crippen MR) is 104 cm³/mol. The minimum Gasteiger partial charge on any atom is -0.486 e. The van der Waals surface area contributed by atoms with Crippen LogP contribution in [0.5, 0.6) is 5.75 Å². The zero-order chi connectivity index (χ0) is 20.4. The molecular weight excluding hydrogens is 363 g/mol. The summed E-state index contributed by atoms with van der Waals surface area (Å²) in [7, 11) is 0. The average molecular weight is 385 g/mol. The average Bonchev–Trinajstić information content (AvgIpc) is 2.66. The summed E-state index contributed by atoms with van der Waals surface area (Å²) in [6.45, 7) is 5.75. The number of hydrogen-bond donors (Lipinski definition) is 0. The van der Waals surface area contributed by atoms with E-state index in [2.05, 4.69) is 4.98 Å². The Hall–Kier alpha value is -2.82. The van der Waals surface area contributed by atoms with Crippen LogP contribution >= 0.6 is 0 Å². The van der Waals surface area contributed by atoms with Crippen molar-refractivity contribution in [2.75, 3.05) is 0 Å². The quantitative estimate of drug-likeness (QED) is 0.502. The Morgan fingerprint density at radius 2 is 1.43 bits per heavy atom. The number of hydrogen-bond acceptors (Lipinski definition) is 2. The third-order valence-electron chi connectivity index (χ3n) is 4.28. The molecule has 0 radical (unpaired) electrons. The van der Waals surface area contributed by atoms with Crippen molar-refractivity contribution >= 4 is 0 Å². The second-order valence-corrected chi connectivity index (χ2v) is 7.62. The van der Waals surface area contributed by atoms with Crippen LogP contribution in [0.1, 0.15) is 37.7 Å². The van der Waals surface area contributed by atoms with Gasteiger partial charge in [0.2, 0.25) is 0 Å². The topological polar surface area (TPSA) is 22.1 Å². The van der Waals surface area contributed by atoms with Gasteiger partial charge in [0.1, 0.15) is 18.1 Å². The van der Waals surface area contributed by atoms with Crippen LogP contribution in [0.2, 0.25) is 0 Å². The first-order chi connectivity index (χ1) is 13.2. The Morgan fingerprint density at radius 1 is 0.857 bits per heavy atom. The minimum absolute atomic E-state index is 0.247. The SMILES string of the molecule is CC(C)(C)c1nc(C(F)(F)F)cc(-c2ccccc2)c1OCc1ccccc1. The predicted octanol–water partition coefficient (Wildman–Crippen LogP) is 6.64. The van der Waals surface area contributed by atoms with Gasteiger partial charge in [-0.05, 0) is 17.2 Å². The van der Waals surface area contributed by atoms with E-state index in [9.17, 15) is 13.2 Å². The lowest BCUT2D eigenvalue weighted by Gasteiger charge is -2.25. The van der Waals surface area contributed by atoms with Crippen molar-refractivity contribution < 1.29 is 17.9 Å². The second kappa shape index (κ2) is 7.66. The zero-order valence-corrected chi connectivity index (χ0v) is 16.0. The summed E-state index contributed by atoms with van der Waals surface area (Å²) in [4.78, 5) is 3.96. The highest BCUT2D eigenvalue weighted by molar-refractivity contribution is 5.72. The number of ether oxygens (including phenoxy) is 1. The number of nitrogens with zero attached hydrogens (tertiary/aromatic N) is 1. The van der Waals surface area contributed by atoms with Crippen molar-refractivity contribution in [3.05, 3.63) is 83.7 Å². The molecule has 0 aliphatic rings. The maximum atomic E-state index is 13.5. The molecule has 28 heavy (non-hydrogen) atoms. The van der Waals surface area contributed by atoms with E-state index >= 15 is 0 Å². The van der Waals surface area contributed by atoms with Crippen LogP contribution in [0, 0.1) is 0 Å². The van der Waals surface area contributed by atoms with Gasteiger partial charge in [-0.25, -0.2) is 4.98 Å². The Bertz CT molecular complexity index is 930. The lowest BCUT2D eigenvalue weighted by molar-refractivity contribution is -0.141. The van der Waals surface area contributed by atoms with E-state index in [-0.39, 0.29) is 12.3 Å². The molecule has 0 saturated carbocycles. The van der Waals surface area contributed by atoms with Gasteiger partial charge in [0.15, 0.2) is 0 Å². The smallest absolute Gasteiger partial charge is 0.433 e. The van der Waals surface area contributed by atoms with Gasteiger partial charge in [-0.2, -0.15) is 13.2 Å². The highest BCUT2D eigenvalue weighted by Gasteiger charge is 2.36. The molecule has 0 N–H and O–H groups in total. The summed E-state index contributed by atoms with van der Waals surface area (Å²) in [5.74, 6) is 0.385. The first kappa shape index (κ1) is 19.9. The van der Waals surface area contributed by atoms with Crippen LogP contribution < -0.4 is 4.74 Å². The monoisotopic (exact) mass is 385 g/mol. The molecule has 0 bridgehead atoms. The molecule has 2 nitrogen and oxygen atoms in total. The van der Waals surface area contributed by atoms with E-state index < -0.39 is 17.3 Å². The van der Waals surface area contributed by atoms with Gasteiger partial charge >= 0.3 is 6.18 Å². The fraction of sp³-hybridized carbons (Fsp3) is 0.261. The van der Waals surface area contributed by atoms with E-state index in [1.54, 1.807) is 24.3 Å². The van der Waals surface area contributed by atoms with Gasteiger partial charge in [0.05, 0.1) is 5.69 Å². The number of halogens is 3. The molecule has 0 unspecified atom stereocenters. The minimum atomic E-state index is -4.54. The maximum absolute atomic E-state index is 13.5. The first-order valence-corrected chi connectivity index (χ1v) is 9.01. The van der Waals surface area contributed by atoms with Crippen LogP contribution in [-0.4, -0.2) is 4.98 Å². The molecule has 3 aromatic rings. The van der Waals surface area contributed by atoms with E-state index in [0.29, 0.717) is 16.9 Å². The van der Waals surface area contributed by atoms with Gasteiger partial charge in [-0.15, -0.1) is 0 Å². The van der Waals surface area contributed by atoms with E-state index in [0.717, 1.165) is 11.6 Å². The Labute approximate surface area is 163 Å². The van der Waals surface area contributed by atoms with Crippen molar-refractivity contribution in [3.63, 3.8) is 0 Å². The van der Waals surface area contributed by atoms with Gasteiger partial charge < -0.3 is 4.74 Å². The third-order valence-corrected chi connectivity index (χ3v) is 4.28. The molecule has 0 saturated heterocycles. The highest BCUT2D eigenvalue weighted by atomic mass is 19.4. The lowest BCUT2D eigenvalue weighted by Crippen LogP contribution is -2.20. The highest BCUT2D eigenvalue weighted by Crippen LogP contribution is 2.42. The van der Waals surface area contributed by atoms with Gasteiger partial charge in [0, 0.05) is 11.0 Å². The zero-order valence-electron chi connectivity index (χ0n) is 16.0. The summed E-state index contributed by atoms with van der Waals surface area (Å²) in [6, 6.07) is 19.6. The van der Waals surface area contributed by atoms with Crippen molar-refractivity contribution in [1.29, 1.82) is 0 Å². The summed E-state index contributed by atoms with van der Waals surface area (Å²) >= 11 is 0. The molecule has 3 rings (SSSR count). The summed E-state index contributed by atoms with van der Waals surface area (Å²) in [6.07, 6.45) is -4.54. The Balaban J connectivity index is 2.18. The lowest BCUT2D eigenvalue weighted by atomic mass is 9.88. The summed E-state index contributed by atoms with van der Waals surface area (Å²) in [5, 5.41) is 0. The standard InChI is InChI=1S/C23H22F3NO/c1-22(2,3)21-20(28-15-16-10-6-4-7-11-16)18(17-12-8-5-9-13-17)14-19(27-21)23(24,25)26/h4-14H,15H2,1-3H3. The molecule has 2 aromatic carbocycles. The number of aromatic nitrogens is 1. The number of alkyl halides is 3. The van der Waals surface area contributed by atoms with Crippen LogP contribution in [0.3, 0.4) is 0 Å². The van der Waals surface area contributed by atoms with E-state index in [1.807, 2.05) is 57.2 Å². The number of rotatable bonds is 4. The summed E-state index contributed by atoms with van der Waals surface area (Å²) in [5.41, 5.74) is 0.728.